The Balaban J connectivity index is 2.32. The molecule has 2 aromatic heterocycles. The third-order valence-electron chi connectivity index (χ3n) is 3.52. The molecule has 0 amide bonds. The van der Waals surface area contributed by atoms with Crippen molar-refractivity contribution >= 4 is 17.3 Å². The molecule has 0 saturated heterocycles. The van der Waals surface area contributed by atoms with Crippen molar-refractivity contribution in [2.45, 2.75) is 0 Å². The third kappa shape index (κ3) is 1.92. The van der Waals surface area contributed by atoms with Gasteiger partial charge in [-0.3, -0.25) is 14.4 Å². The molecule has 0 aliphatic heterocycles. The van der Waals surface area contributed by atoms with E-state index in [0.29, 0.717) is 23.1 Å². The van der Waals surface area contributed by atoms with Gasteiger partial charge in [0.25, 0.3) is 0 Å². The molecule has 0 bridgehead atoms. The fraction of sp³-hybridized carbons (Fsp3) is 0.133. The molecular weight excluding hydrogens is 272 g/mol. The Kier molecular flexibility index (Phi) is 2.86. The highest BCUT2D eigenvalue weighted by Crippen LogP contribution is 2.24. The van der Waals surface area contributed by atoms with Crippen molar-refractivity contribution in [1.29, 1.82) is 0 Å². The molecule has 0 unspecified atom stereocenters. The molecule has 0 aliphatic rings. The van der Waals surface area contributed by atoms with Crippen molar-refractivity contribution in [2.75, 3.05) is 0 Å². The zero-order valence-electron chi connectivity index (χ0n) is 11.5. The summed E-state index contributed by atoms with van der Waals surface area (Å²) in [6, 6.07) is 8.54. The van der Waals surface area contributed by atoms with Gasteiger partial charge < -0.3 is 13.6 Å². The number of fused-ring (bicyclic) bond motifs is 1. The van der Waals surface area contributed by atoms with Crippen molar-refractivity contribution in [3.8, 4) is 11.3 Å². The van der Waals surface area contributed by atoms with Crippen LogP contribution in [0.3, 0.4) is 0 Å². The van der Waals surface area contributed by atoms with Crippen LogP contribution < -0.4 is 11.1 Å². The summed E-state index contributed by atoms with van der Waals surface area (Å²) in [4.78, 5) is 34.3. The second-order valence-electron chi connectivity index (χ2n) is 4.75. The van der Waals surface area contributed by atoms with E-state index in [0.717, 1.165) is 5.56 Å². The number of aromatic nitrogens is 2. The standard InChI is InChI=1S/C15H12N2O4/c1-16-11-5-3-9(13-6-4-10(8-18)21-13)7-12(11)17(2)15(20)14(16)19/h3-8H,1-2H3. The Morgan fingerprint density at radius 1 is 0.952 bits per heavy atom. The molecule has 6 nitrogen and oxygen atoms in total. The number of carbonyl (C=O) groups is 1. The van der Waals surface area contributed by atoms with Crippen LogP contribution in [0, 0.1) is 0 Å². The zero-order valence-corrected chi connectivity index (χ0v) is 11.5. The SMILES string of the molecule is Cn1c(=O)c(=O)n(C)c2cc(-c3ccc(C=O)o3)ccc21. The van der Waals surface area contributed by atoms with Crippen LogP contribution in [0.4, 0.5) is 0 Å². The molecule has 0 atom stereocenters. The first-order chi connectivity index (χ1) is 10.0. The number of hydrogen-bond donors (Lipinski definition) is 0. The van der Waals surface area contributed by atoms with E-state index in [4.69, 9.17) is 4.42 Å². The fourth-order valence-electron chi connectivity index (χ4n) is 2.31. The topological polar surface area (TPSA) is 74.2 Å². The van der Waals surface area contributed by atoms with Crippen LogP contribution in [0.1, 0.15) is 10.6 Å². The van der Waals surface area contributed by atoms with Crippen LogP contribution >= 0.6 is 0 Å². The maximum Gasteiger partial charge on any atom is 0.316 e. The first-order valence-electron chi connectivity index (χ1n) is 6.28. The van der Waals surface area contributed by atoms with E-state index in [1.807, 2.05) is 0 Å². The molecule has 2 heterocycles. The summed E-state index contributed by atoms with van der Waals surface area (Å²) in [7, 11) is 3.11. The second-order valence-corrected chi connectivity index (χ2v) is 4.75. The van der Waals surface area contributed by atoms with Gasteiger partial charge in [-0.25, -0.2) is 0 Å². The Morgan fingerprint density at radius 3 is 2.24 bits per heavy atom. The van der Waals surface area contributed by atoms with E-state index in [-0.39, 0.29) is 5.76 Å². The molecule has 3 aromatic rings. The van der Waals surface area contributed by atoms with Gasteiger partial charge in [-0.1, -0.05) is 0 Å². The summed E-state index contributed by atoms with van der Waals surface area (Å²) >= 11 is 0. The number of furan rings is 1. The number of hydrogen-bond acceptors (Lipinski definition) is 4. The number of rotatable bonds is 2. The highest BCUT2D eigenvalue weighted by molar-refractivity contribution is 5.81. The van der Waals surface area contributed by atoms with Crippen LogP contribution in [-0.2, 0) is 14.1 Å². The van der Waals surface area contributed by atoms with Crippen molar-refractivity contribution in [3.63, 3.8) is 0 Å². The summed E-state index contributed by atoms with van der Waals surface area (Å²) in [5.74, 6) is 0.764. The summed E-state index contributed by atoms with van der Waals surface area (Å²) in [5, 5.41) is 0. The lowest BCUT2D eigenvalue weighted by Gasteiger charge is -2.09. The van der Waals surface area contributed by atoms with Gasteiger partial charge in [0.15, 0.2) is 12.0 Å². The normalized spacial score (nSPS) is 11.0. The van der Waals surface area contributed by atoms with Gasteiger partial charge in [0.1, 0.15) is 5.76 Å². The quantitative estimate of drug-likeness (QED) is 0.525. The number of nitrogens with zero attached hydrogens (tertiary/aromatic N) is 2. The predicted molar refractivity (Wildman–Crippen MR) is 77.5 cm³/mol. The number of aldehydes is 1. The van der Waals surface area contributed by atoms with Crippen LogP contribution in [0.5, 0.6) is 0 Å². The van der Waals surface area contributed by atoms with E-state index in [1.165, 1.54) is 9.13 Å². The summed E-state index contributed by atoms with van der Waals surface area (Å²) < 4.78 is 8.00. The van der Waals surface area contributed by atoms with Crippen LogP contribution in [0.15, 0.2) is 44.3 Å². The molecule has 6 heteroatoms. The third-order valence-corrected chi connectivity index (χ3v) is 3.52. The molecule has 0 aliphatic carbocycles. The largest absolute Gasteiger partial charge is 0.453 e. The fourth-order valence-corrected chi connectivity index (χ4v) is 2.31. The smallest absolute Gasteiger partial charge is 0.316 e. The van der Waals surface area contributed by atoms with Gasteiger partial charge in [-0.05, 0) is 30.3 Å². The predicted octanol–water partition coefficient (Wildman–Crippen LogP) is 1.31. The lowest BCUT2D eigenvalue weighted by Crippen LogP contribution is -2.39. The molecule has 0 spiro atoms. The lowest BCUT2D eigenvalue weighted by molar-refractivity contribution is 0.110. The van der Waals surface area contributed by atoms with Crippen molar-refractivity contribution in [3.05, 3.63) is 56.8 Å². The molecule has 106 valence electrons. The molecule has 3 rings (SSSR count). The van der Waals surface area contributed by atoms with E-state index < -0.39 is 11.1 Å². The minimum Gasteiger partial charge on any atom is -0.453 e. The van der Waals surface area contributed by atoms with Gasteiger partial charge >= 0.3 is 11.1 Å². The number of benzene rings is 1. The first kappa shape index (κ1) is 13.1. The maximum absolute atomic E-state index is 11.9. The highest BCUT2D eigenvalue weighted by atomic mass is 16.3. The van der Waals surface area contributed by atoms with Crippen molar-refractivity contribution in [2.24, 2.45) is 14.1 Å². The average Bonchev–Trinajstić information content (AvgIpc) is 2.99. The van der Waals surface area contributed by atoms with E-state index in [9.17, 15) is 14.4 Å². The van der Waals surface area contributed by atoms with Gasteiger partial charge in [-0.15, -0.1) is 0 Å². The van der Waals surface area contributed by atoms with Crippen molar-refractivity contribution < 1.29 is 9.21 Å². The Morgan fingerprint density at radius 2 is 1.62 bits per heavy atom. The Bertz CT molecular complexity index is 975. The van der Waals surface area contributed by atoms with E-state index in [1.54, 1.807) is 44.4 Å². The monoisotopic (exact) mass is 284 g/mol. The summed E-state index contributed by atoms with van der Waals surface area (Å²) in [5.41, 5.74) is 0.829. The second kappa shape index (κ2) is 4.59. The first-order valence-corrected chi connectivity index (χ1v) is 6.28. The van der Waals surface area contributed by atoms with Crippen LogP contribution in [-0.4, -0.2) is 15.4 Å². The van der Waals surface area contributed by atoms with E-state index in [2.05, 4.69) is 0 Å². The molecule has 0 saturated carbocycles. The number of aryl methyl sites for hydroxylation is 2. The zero-order chi connectivity index (χ0) is 15.1. The minimum atomic E-state index is -0.588. The van der Waals surface area contributed by atoms with Crippen molar-refractivity contribution in [1.82, 2.24) is 9.13 Å². The summed E-state index contributed by atoms with van der Waals surface area (Å²) in [6.45, 7) is 0. The van der Waals surface area contributed by atoms with E-state index >= 15 is 0 Å². The Hall–Kier alpha value is -2.89. The molecule has 0 radical (unpaired) electrons. The van der Waals surface area contributed by atoms with Crippen LogP contribution in [0.2, 0.25) is 0 Å². The lowest BCUT2D eigenvalue weighted by atomic mass is 10.1. The Labute approximate surface area is 118 Å². The van der Waals surface area contributed by atoms with Crippen LogP contribution in [0.25, 0.3) is 22.4 Å². The van der Waals surface area contributed by atoms with Gasteiger partial charge in [-0.2, -0.15) is 0 Å². The number of carbonyl (C=O) groups excluding carboxylic acids is 1. The summed E-state index contributed by atoms with van der Waals surface area (Å²) in [6.07, 6.45) is 0.629. The molecule has 1 aromatic carbocycles. The average molecular weight is 284 g/mol. The van der Waals surface area contributed by atoms with Gasteiger partial charge in [0.05, 0.1) is 11.0 Å². The molecule has 21 heavy (non-hydrogen) atoms. The maximum atomic E-state index is 11.9. The van der Waals surface area contributed by atoms with Gasteiger partial charge in [0.2, 0.25) is 0 Å². The highest BCUT2D eigenvalue weighted by Gasteiger charge is 2.11. The molecular formula is C15H12N2O4. The minimum absolute atomic E-state index is 0.236. The van der Waals surface area contributed by atoms with Gasteiger partial charge in [0, 0.05) is 19.7 Å². The molecule has 0 fully saturated rings. The molecule has 0 N–H and O–H groups in total.